The molecule has 0 aliphatic carbocycles. The van der Waals surface area contributed by atoms with Gasteiger partial charge in [0, 0.05) is 0 Å². The van der Waals surface area contributed by atoms with Crippen molar-refractivity contribution >= 4 is 23.3 Å². The second-order valence-corrected chi connectivity index (χ2v) is 4.09. The van der Waals surface area contributed by atoms with Crippen LogP contribution in [0.1, 0.15) is 42.4 Å². The van der Waals surface area contributed by atoms with Gasteiger partial charge in [-0.15, -0.1) is 0 Å². The Balaban J connectivity index is 3.09. The molecule has 0 unspecified atom stereocenters. The number of hydrogen-bond acceptors (Lipinski definition) is 3. The van der Waals surface area contributed by atoms with E-state index in [-0.39, 0.29) is 16.4 Å². The summed E-state index contributed by atoms with van der Waals surface area (Å²) in [5, 5.41) is 8.51. The third-order valence-electron chi connectivity index (χ3n) is 2.40. The number of pyridine rings is 1. The van der Waals surface area contributed by atoms with E-state index in [4.69, 9.17) is 22.4 Å². The smallest absolute Gasteiger partial charge is 0.356 e. The molecule has 1 rings (SSSR count). The number of anilines is 1. The van der Waals surface area contributed by atoms with E-state index in [9.17, 15) is 9.18 Å². The number of aryl methyl sites for hydroxylation is 1. The molecule has 1 aromatic rings. The number of nitrogens with two attached hydrogens (primary N) is 1. The van der Waals surface area contributed by atoms with Gasteiger partial charge in [0.2, 0.25) is 0 Å². The van der Waals surface area contributed by atoms with Crippen LogP contribution in [0.2, 0.25) is 5.02 Å². The molecular formula is C11H14ClFN2O2. The lowest BCUT2D eigenvalue weighted by Gasteiger charge is -2.08. The van der Waals surface area contributed by atoms with Crippen LogP contribution < -0.4 is 5.73 Å². The Kier molecular flexibility index (Phi) is 4.69. The van der Waals surface area contributed by atoms with E-state index in [1.54, 1.807) is 0 Å². The van der Waals surface area contributed by atoms with Gasteiger partial charge in [-0.05, 0) is 12.8 Å². The van der Waals surface area contributed by atoms with E-state index in [1.165, 1.54) is 0 Å². The Hall–Kier alpha value is -1.36. The highest BCUT2D eigenvalue weighted by Gasteiger charge is 2.20. The second kappa shape index (κ2) is 5.82. The molecule has 94 valence electrons. The fourth-order valence-corrected chi connectivity index (χ4v) is 1.67. The number of rotatable bonds is 5. The number of carbonyl (C=O) groups is 1. The summed E-state index contributed by atoms with van der Waals surface area (Å²) in [6.07, 6.45) is 3.00. The van der Waals surface area contributed by atoms with E-state index in [0.29, 0.717) is 6.42 Å². The lowest BCUT2D eigenvalue weighted by molar-refractivity contribution is 0.0690. The van der Waals surface area contributed by atoms with E-state index in [1.807, 2.05) is 6.92 Å². The predicted molar refractivity (Wildman–Crippen MR) is 63.8 cm³/mol. The zero-order chi connectivity index (χ0) is 13.0. The van der Waals surface area contributed by atoms with Gasteiger partial charge in [-0.3, -0.25) is 0 Å². The van der Waals surface area contributed by atoms with Gasteiger partial charge >= 0.3 is 5.97 Å². The second-order valence-electron chi connectivity index (χ2n) is 3.71. The number of carboxylic acid groups (broad SMARTS) is 1. The Morgan fingerprint density at radius 3 is 2.71 bits per heavy atom. The van der Waals surface area contributed by atoms with Crippen molar-refractivity contribution in [1.82, 2.24) is 4.98 Å². The van der Waals surface area contributed by atoms with E-state index < -0.39 is 17.5 Å². The molecule has 0 saturated carbocycles. The maximum absolute atomic E-state index is 13.7. The molecule has 0 atom stereocenters. The number of hydrogen-bond donors (Lipinski definition) is 2. The highest BCUT2D eigenvalue weighted by molar-refractivity contribution is 6.35. The molecule has 0 saturated heterocycles. The first-order chi connectivity index (χ1) is 7.99. The summed E-state index contributed by atoms with van der Waals surface area (Å²) in [4.78, 5) is 14.6. The largest absolute Gasteiger partial charge is 0.476 e. The topological polar surface area (TPSA) is 76.2 Å². The molecule has 0 amide bonds. The summed E-state index contributed by atoms with van der Waals surface area (Å²) < 4.78 is 13.7. The fourth-order valence-electron chi connectivity index (χ4n) is 1.46. The lowest BCUT2D eigenvalue weighted by atomic mass is 10.1. The molecule has 0 fully saturated rings. The molecule has 0 aromatic carbocycles. The first kappa shape index (κ1) is 13.7. The third kappa shape index (κ3) is 3.06. The zero-order valence-electron chi connectivity index (χ0n) is 9.46. The van der Waals surface area contributed by atoms with Gasteiger partial charge in [0.15, 0.2) is 11.5 Å². The fraction of sp³-hybridized carbons (Fsp3) is 0.455. The van der Waals surface area contributed by atoms with E-state index >= 15 is 0 Å². The minimum Gasteiger partial charge on any atom is -0.476 e. The van der Waals surface area contributed by atoms with Crippen LogP contribution in [0.3, 0.4) is 0 Å². The van der Waals surface area contributed by atoms with Crippen molar-refractivity contribution in [2.24, 2.45) is 0 Å². The highest BCUT2D eigenvalue weighted by Crippen LogP contribution is 2.27. The molecule has 0 aliphatic heterocycles. The SMILES string of the molecule is CCCCCc1nc(C(=O)O)c(Cl)c(N)c1F. The predicted octanol–water partition coefficient (Wildman–Crippen LogP) is 2.89. The number of nitrogen functional groups attached to an aromatic ring is 1. The van der Waals surface area contributed by atoms with E-state index in [0.717, 1.165) is 19.3 Å². The molecule has 3 N–H and O–H groups in total. The van der Waals surface area contributed by atoms with Crippen LogP contribution in [0, 0.1) is 5.82 Å². The number of unbranched alkanes of at least 4 members (excludes halogenated alkanes) is 2. The van der Waals surface area contributed by atoms with Gasteiger partial charge in [-0.1, -0.05) is 31.4 Å². The van der Waals surface area contributed by atoms with Crippen LogP contribution in [0.15, 0.2) is 0 Å². The van der Waals surface area contributed by atoms with Crippen molar-refractivity contribution in [2.45, 2.75) is 32.6 Å². The molecule has 1 aromatic heterocycles. The van der Waals surface area contributed by atoms with Crippen molar-refractivity contribution in [2.75, 3.05) is 5.73 Å². The summed E-state index contributed by atoms with van der Waals surface area (Å²) >= 11 is 5.62. The molecule has 17 heavy (non-hydrogen) atoms. The minimum absolute atomic E-state index is 0.0674. The van der Waals surface area contributed by atoms with Gasteiger partial charge in [-0.2, -0.15) is 0 Å². The summed E-state index contributed by atoms with van der Waals surface area (Å²) in [7, 11) is 0. The molecule has 4 nitrogen and oxygen atoms in total. The van der Waals surface area contributed by atoms with Crippen molar-refractivity contribution in [3.8, 4) is 0 Å². The number of nitrogens with zero attached hydrogens (tertiary/aromatic N) is 1. The third-order valence-corrected chi connectivity index (χ3v) is 2.78. The number of aromatic carboxylic acids is 1. The van der Waals surface area contributed by atoms with Crippen molar-refractivity contribution < 1.29 is 14.3 Å². The quantitative estimate of drug-likeness (QED) is 0.798. The van der Waals surface area contributed by atoms with Gasteiger partial charge < -0.3 is 10.8 Å². The molecule has 0 bridgehead atoms. The molecule has 0 radical (unpaired) electrons. The Labute approximate surface area is 104 Å². The van der Waals surface area contributed by atoms with Crippen LogP contribution in [0.5, 0.6) is 0 Å². The molecule has 6 heteroatoms. The summed E-state index contributed by atoms with van der Waals surface area (Å²) in [5.41, 5.74) is 4.75. The van der Waals surface area contributed by atoms with Crippen LogP contribution in [0.4, 0.5) is 10.1 Å². The number of carboxylic acids is 1. The van der Waals surface area contributed by atoms with Crippen LogP contribution in [-0.2, 0) is 6.42 Å². The van der Waals surface area contributed by atoms with Crippen molar-refractivity contribution in [1.29, 1.82) is 0 Å². The Bertz CT molecular complexity index is 438. The number of halogens is 2. The average Bonchev–Trinajstić information content (AvgIpc) is 2.29. The van der Waals surface area contributed by atoms with Crippen molar-refractivity contribution in [3.63, 3.8) is 0 Å². The zero-order valence-corrected chi connectivity index (χ0v) is 10.2. The monoisotopic (exact) mass is 260 g/mol. The standard InChI is InChI=1S/C11H14ClFN2O2/c1-2-3-4-5-6-8(13)9(14)7(12)10(15-6)11(16)17/h2-5H2,1H3,(H2,14,15)(H,16,17). The first-order valence-corrected chi connectivity index (χ1v) is 5.73. The van der Waals surface area contributed by atoms with Gasteiger partial charge in [0.25, 0.3) is 0 Å². The maximum atomic E-state index is 13.7. The Morgan fingerprint density at radius 1 is 1.53 bits per heavy atom. The molecule has 0 aliphatic rings. The van der Waals surface area contributed by atoms with Crippen LogP contribution >= 0.6 is 11.6 Å². The molecule has 0 spiro atoms. The van der Waals surface area contributed by atoms with Gasteiger partial charge in [0.1, 0.15) is 0 Å². The Morgan fingerprint density at radius 2 is 2.18 bits per heavy atom. The lowest BCUT2D eigenvalue weighted by Crippen LogP contribution is -2.10. The minimum atomic E-state index is -1.31. The normalized spacial score (nSPS) is 10.5. The van der Waals surface area contributed by atoms with Gasteiger partial charge in [0.05, 0.1) is 16.4 Å². The maximum Gasteiger partial charge on any atom is 0.356 e. The van der Waals surface area contributed by atoms with Crippen LogP contribution in [-0.4, -0.2) is 16.1 Å². The van der Waals surface area contributed by atoms with E-state index in [2.05, 4.69) is 4.98 Å². The molecular weight excluding hydrogens is 247 g/mol. The van der Waals surface area contributed by atoms with Gasteiger partial charge in [-0.25, -0.2) is 14.2 Å². The molecule has 1 heterocycles. The van der Waals surface area contributed by atoms with Crippen LogP contribution in [0.25, 0.3) is 0 Å². The number of aromatic nitrogens is 1. The highest BCUT2D eigenvalue weighted by atomic mass is 35.5. The van der Waals surface area contributed by atoms with Crippen molar-refractivity contribution in [3.05, 3.63) is 22.2 Å². The summed E-state index contributed by atoms with van der Waals surface area (Å²) in [6, 6.07) is 0. The summed E-state index contributed by atoms with van der Waals surface area (Å²) in [6.45, 7) is 2.02. The summed E-state index contributed by atoms with van der Waals surface area (Å²) in [5.74, 6) is -2.02. The average molecular weight is 261 g/mol. The first-order valence-electron chi connectivity index (χ1n) is 5.35.